The van der Waals surface area contributed by atoms with Crippen molar-refractivity contribution in [2.75, 3.05) is 20.6 Å². The van der Waals surface area contributed by atoms with Crippen molar-refractivity contribution >= 4 is 5.97 Å². The highest BCUT2D eigenvalue weighted by Gasteiger charge is 2.16. The van der Waals surface area contributed by atoms with Crippen LogP contribution in [0.25, 0.3) is 0 Å². The summed E-state index contributed by atoms with van der Waals surface area (Å²) in [5, 5.41) is 0. The number of rotatable bonds is 21. The molecule has 0 saturated heterocycles. The van der Waals surface area contributed by atoms with Crippen LogP contribution >= 0.6 is 0 Å². The van der Waals surface area contributed by atoms with Crippen LogP contribution in [0.4, 0.5) is 0 Å². The number of carbonyl (C=O) groups is 1. The quantitative estimate of drug-likeness (QED) is 0.0708. The maximum absolute atomic E-state index is 12.3. The molecule has 0 amide bonds. The van der Waals surface area contributed by atoms with E-state index in [1.807, 2.05) is 12.1 Å². The number of nitrogens with zero attached hydrogens (tertiary/aromatic N) is 1. The highest BCUT2D eigenvalue weighted by molar-refractivity contribution is 5.69. The number of esters is 1. The molecule has 0 aliphatic rings. The summed E-state index contributed by atoms with van der Waals surface area (Å²) >= 11 is 0. The van der Waals surface area contributed by atoms with Gasteiger partial charge in [-0.2, -0.15) is 0 Å². The topological polar surface area (TPSA) is 35.5 Å². The van der Waals surface area contributed by atoms with E-state index in [0.29, 0.717) is 6.42 Å². The number of unbranched alkanes of at least 4 members (excludes halogenated alkanes) is 10. The van der Waals surface area contributed by atoms with Crippen LogP contribution < -0.4 is 4.74 Å². The number of hydrogen-bond donors (Lipinski definition) is 0. The number of carbonyl (C=O) groups excluding carboxylic acids is 1. The van der Waals surface area contributed by atoms with Crippen LogP contribution in [-0.4, -0.2) is 37.4 Å². The molecule has 2 rings (SSSR count). The molecule has 2 aromatic carbocycles. The van der Waals surface area contributed by atoms with Crippen LogP contribution in [0.2, 0.25) is 0 Å². The molecule has 212 valence electrons. The van der Waals surface area contributed by atoms with Gasteiger partial charge in [-0.1, -0.05) is 107 Å². The van der Waals surface area contributed by atoms with Gasteiger partial charge in [0.05, 0.1) is 20.6 Å². The van der Waals surface area contributed by atoms with Crippen molar-refractivity contribution in [3.63, 3.8) is 0 Å². The summed E-state index contributed by atoms with van der Waals surface area (Å²) < 4.78 is 12.3. The minimum atomic E-state index is -0.583. The van der Waals surface area contributed by atoms with Gasteiger partial charge in [0, 0.05) is 18.9 Å². The molecule has 0 heterocycles. The Morgan fingerprint density at radius 1 is 0.763 bits per heavy atom. The second-order valence-electron chi connectivity index (χ2n) is 11.5. The lowest BCUT2D eigenvalue weighted by atomic mass is 10.0. The molecule has 0 aliphatic carbocycles. The molecule has 1 atom stereocenters. The standard InChI is InChI=1S/C34H54NO3/c1-5-6-7-8-9-10-11-12-13-15-21-31-24-20-25-33(28-31)37-30(2)38-34(36)26-18-19-27-35(3,4)29-32-22-16-14-17-23-32/h14,16-17,20,22-25,28,30H,5-13,15,18-19,21,26-27,29H2,1-4H3/q+1. The molecule has 0 aliphatic heterocycles. The molecule has 1 unspecified atom stereocenters. The molecule has 4 nitrogen and oxygen atoms in total. The predicted octanol–water partition coefficient (Wildman–Crippen LogP) is 8.86. The highest BCUT2D eigenvalue weighted by Crippen LogP contribution is 2.19. The van der Waals surface area contributed by atoms with Crippen LogP contribution in [0.15, 0.2) is 54.6 Å². The number of benzene rings is 2. The normalized spacial score (nSPS) is 12.3. The minimum Gasteiger partial charge on any atom is -0.455 e. The molecule has 0 saturated carbocycles. The van der Waals surface area contributed by atoms with Gasteiger partial charge in [0.1, 0.15) is 12.3 Å². The number of quaternary nitrogens is 1. The molecule has 4 heteroatoms. The summed E-state index contributed by atoms with van der Waals surface area (Å²) in [5.74, 6) is 0.585. The van der Waals surface area contributed by atoms with E-state index < -0.39 is 6.29 Å². The van der Waals surface area contributed by atoms with E-state index in [9.17, 15) is 4.79 Å². The lowest BCUT2D eigenvalue weighted by molar-refractivity contribution is -0.903. The van der Waals surface area contributed by atoms with Crippen molar-refractivity contribution < 1.29 is 18.8 Å². The Hall–Kier alpha value is -2.33. The van der Waals surface area contributed by atoms with Crippen molar-refractivity contribution in [1.82, 2.24) is 0 Å². The van der Waals surface area contributed by atoms with Crippen LogP contribution in [-0.2, 0) is 22.5 Å². The van der Waals surface area contributed by atoms with E-state index in [0.717, 1.165) is 42.6 Å². The molecule has 0 spiro atoms. The Morgan fingerprint density at radius 2 is 1.39 bits per heavy atom. The predicted molar refractivity (Wildman–Crippen MR) is 159 cm³/mol. The Bertz CT molecular complexity index is 880. The first-order valence-electron chi connectivity index (χ1n) is 15.2. The van der Waals surface area contributed by atoms with Crippen LogP contribution in [0.5, 0.6) is 5.75 Å². The summed E-state index contributed by atoms with van der Waals surface area (Å²) in [7, 11) is 4.48. The Balaban J connectivity index is 1.57. The zero-order valence-electron chi connectivity index (χ0n) is 24.8. The van der Waals surface area contributed by atoms with E-state index in [-0.39, 0.29) is 5.97 Å². The van der Waals surface area contributed by atoms with Crippen LogP contribution in [0.1, 0.15) is 108 Å². The summed E-state index contributed by atoms with van der Waals surface area (Å²) in [6, 6.07) is 18.8. The van der Waals surface area contributed by atoms with Gasteiger partial charge in [-0.15, -0.1) is 0 Å². The lowest BCUT2D eigenvalue weighted by Crippen LogP contribution is -2.39. The summed E-state index contributed by atoms with van der Waals surface area (Å²) in [5.41, 5.74) is 2.63. The highest BCUT2D eigenvalue weighted by atomic mass is 16.7. The molecule has 38 heavy (non-hydrogen) atoms. The van der Waals surface area contributed by atoms with Gasteiger partial charge in [0.15, 0.2) is 0 Å². The van der Waals surface area contributed by atoms with E-state index in [4.69, 9.17) is 9.47 Å². The third kappa shape index (κ3) is 15.2. The molecule has 0 aromatic heterocycles. The van der Waals surface area contributed by atoms with Crippen molar-refractivity contribution in [3.8, 4) is 5.75 Å². The zero-order valence-corrected chi connectivity index (χ0v) is 24.8. The van der Waals surface area contributed by atoms with Crippen LogP contribution in [0.3, 0.4) is 0 Å². The van der Waals surface area contributed by atoms with E-state index in [1.54, 1.807) is 6.92 Å². The van der Waals surface area contributed by atoms with Crippen molar-refractivity contribution in [1.29, 1.82) is 0 Å². The fourth-order valence-corrected chi connectivity index (χ4v) is 5.02. The van der Waals surface area contributed by atoms with Gasteiger partial charge in [-0.05, 0) is 43.4 Å². The molecule has 0 radical (unpaired) electrons. The smallest absolute Gasteiger partial charge is 0.308 e. The Morgan fingerprint density at radius 3 is 2.08 bits per heavy atom. The summed E-state index contributed by atoms with van der Waals surface area (Å²) in [6.45, 7) is 6.09. The fourth-order valence-electron chi connectivity index (χ4n) is 5.02. The van der Waals surface area contributed by atoms with Crippen LogP contribution in [0, 0.1) is 0 Å². The molecular weight excluding hydrogens is 470 g/mol. The summed E-state index contributed by atoms with van der Waals surface area (Å²) in [6.07, 6.45) is 16.2. The van der Waals surface area contributed by atoms with Gasteiger partial charge in [-0.25, -0.2) is 0 Å². The molecule has 0 fully saturated rings. The molecule has 0 bridgehead atoms. The maximum atomic E-state index is 12.3. The van der Waals surface area contributed by atoms with E-state index >= 15 is 0 Å². The van der Waals surface area contributed by atoms with Crippen molar-refractivity contribution in [3.05, 3.63) is 65.7 Å². The second-order valence-corrected chi connectivity index (χ2v) is 11.5. The monoisotopic (exact) mass is 524 g/mol. The first-order valence-corrected chi connectivity index (χ1v) is 15.2. The largest absolute Gasteiger partial charge is 0.455 e. The minimum absolute atomic E-state index is 0.188. The molecule has 0 N–H and O–H groups in total. The molecule has 2 aromatic rings. The summed E-state index contributed by atoms with van der Waals surface area (Å²) in [4.78, 5) is 12.3. The average Bonchev–Trinajstić information content (AvgIpc) is 2.88. The fraction of sp³-hybridized carbons (Fsp3) is 0.618. The van der Waals surface area contributed by atoms with Gasteiger partial charge in [-0.3, -0.25) is 4.79 Å². The number of hydrogen-bond acceptors (Lipinski definition) is 3. The lowest BCUT2D eigenvalue weighted by Gasteiger charge is -2.30. The third-order valence-electron chi connectivity index (χ3n) is 7.16. The van der Waals surface area contributed by atoms with E-state index in [1.165, 1.54) is 75.3 Å². The van der Waals surface area contributed by atoms with Gasteiger partial charge < -0.3 is 14.0 Å². The SMILES string of the molecule is CCCCCCCCCCCCc1cccc(OC(C)OC(=O)CCCC[N+](C)(C)Cc2ccccc2)c1. The zero-order chi connectivity index (χ0) is 27.5. The second kappa shape index (κ2) is 18.8. The van der Waals surface area contributed by atoms with Gasteiger partial charge >= 0.3 is 5.97 Å². The Kier molecular flexibility index (Phi) is 15.8. The average molecular weight is 525 g/mol. The van der Waals surface area contributed by atoms with E-state index in [2.05, 4.69) is 63.5 Å². The van der Waals surface area contributed by atoms with Gasteiger partial charge in [0.25, 0.3) is 0 Å². The number of aryl methyl sites for hydroxylation is 1. The van der Waals surface area contributed by atoms with Crippen molar-refractivity contribution in [2.45, 2.75) is 117 Å². The third-order valence-corrected chi connectivity index (χ3v) is 7.16. The maximum Gasteiger partial charge on any atom is 0.308 e. The van der Waals surface area contributed by atoms with Gasteiger partial charge in [0.2, 0.25) is 6.29 Å². The molecular formula is C34H54NO3+. The first-order chi connectivity index (χ1) is 18.4. The van der Waals surface area contributed by atoms with Crippen molar-refractivity contribution in [2.24, 2.45) is 0 Å². The Labute approximate surface area is 233 Å². The first kappa shape index (κ1) is 31.9. The number of ether oxygens (including phenoxy) is 2.